The minimum absolute atomic E-state index is 0.00346. The zero-order valence-corrected chi connectivity index (χ0v) is 17.5. The quantitative estimate of drug-likeness (QED) is 0.638. The number of anilines is 1. The van der Waals surface area contributed by atoms with E-state index in [1.54, 1.807) is 38.4 Å². The highest BCUT2D eigenvalue weighted by atomic mass is 32.2. The second kappa shape index (κ2) is 6.99. The molecule has 1 aromatic heterocycles. The summed E-state index contributed by atoms with van der Waals surface area (Å²) in [5.41, 5.74) is 2.03. The van der Waals surface area contributed by atoms with Crippen molar-refractivity contribution in [2.45, 2.75) is 30.7 Å². The fourth-order valence-corrected chi connectivity index (χ4v) is 4.62. The molecule has 0 spiro atoms. The molecule has 0 amide bonds. The van der Waals surface area contributed by atoms with Gasteiger partial charge in [0, 0.05) is 43.1 Å². The van der Waals surface area contributed by atoms with Gasteiger partial charge in [0.2, 0.25) is 0 Å². The van der Waals surface area contributed by atoms with Gasteiger partial charge in [-0.25, -0.2) is 12.8 Å². The smallest absolute Gasteiger partial charge is 0.258 e. The Morgan fingerprint density at radius 1 is 1.10 bits per heavy atom. The van der Waals surface area contributed by atoms with E-state index in [0.717, 1.165) is 24.1 Å². The molecule has 1 aliphatic rings. The van der Waals surface area contributed by atoms with Crippen LogP contribution < -0.4 is 10.5 Å². The van der Waals surface area contributed by atoms with Crippen LogP contribution in [0.25, 0.3) is 21.9 Å². The number of benzene rings is 2. The Hall–Kier alpha value is -2.67. The average molecular weight is 415 g/mol. The molecule has 1 saturated carbocycles. The summed E-state index contributed by atoms with van der Waals surface area (Å²) < 4.78 is 40.3. The lowest BCUT2D eigenvalue weighted by molar-refractivity contribution is 0.597. The van der Waals surface area contributed by atoms with Crippen LogP contribution in [0.15, 0.2) is 52.3 Å². The highest BCUT2D eigenvalue weighted by Gasteiger charge is 2.29. The maximum absolute atomic E-state index is 13.8. The summed E-state index contributed by atoms with van der Waals surface area (Å²) in [5.74, 6) is -0.479. The normalized spacial score (nSPS) is 14.3. The van der Waals surface area contributed by atoms with Crippen molar-refractivity contribution >= 4 is 26.3 Å². The molecule has 0 unspecified atom stereocenters. The van der Waals surface area contributed by atoms with E-state index in [0.29, 0.717) is 17.0 Å². The Bertz CT molecular complexity index is 1280. The topological polar surface area (TPSA) is 59.4 Å². The molecule has 4 rings (SSSR count). The Morgan fingerprint density at radius 3 is 2.48 bits per heavy atom. The highest BCUT2D eigenvalue weighted by Crippen LogP contribution is 2.40. The van der Waals surface area contributed by atoms with Crippen molar-refractivity contribution in [3.8, 4) is 11.1 Å². The van der Waals surface area contributed by atoms with Gasteiger partial charge < -0.3 is 9.47 Å². The van der Waals surface area contributed by atoms with Gasteiger partial charge in [-0.15, -0.1) is 0 Å². The zero-order valence-electron chi connectivity index (χ0n) is 16.6. The molecule has 0 bridgehead atoms. The number of aryl methyl sites for hydroxylation is 1. The minimum atomic E-state index is -3.40. The third kappa shape index (κ3) is 3.44. The molecule has 3 aromatic rings. The molecule has 0 N–H and O–H groups in total. The number of sulfone groups is 1. The molecule has 0 radical (unpaired) electrons. The van der Waals surface area contributed by atoms with Crippen LogP contribution in [-0.4, -0.2) is 31.8 Å². The number of halogens is 1. The lowest BCUT2D eigenvalue weighted by Crippen LogP contribution is -2.21. The fraction of sp³-hybridized carbons (Fsp3) is 0.318. The van der Waals surface area contributed by atoms with Gasteiger partial charge in [0.05, 0.1) is 16.0 Å². The highest BCUT2D eigenvalue weighted by molar-refractivity contribution is 7.91. The van der Waals surface area contributed by atoms with Gasteiger partial charge in [-0.3, -0.25) is 4.79 Å². The lowest BCUT2D eigenvalue weighted by atomic mass is 9.98. The van der Waals surface area contributed by atoms with Crippen molar-refractivity contribution in [1.82, 2.24) is 4.57 Å². The van der Waals surface area contributed by atoms with Crippen LogP contribution in [-0.2, 0) is 16.9 Å². The van der Waals surface area contributed by atoms with Gasteiger partial charge in [-0.05, 0) is 48.6 Å². The van der Waals surface area contributed by atoms with E-state index in [1.807, 2.05) is 13.1 Å². The van der Waals surface area contributed by atoms with E-state index >= 15 is 0 Å². The molecule has 0 saturated heterocycles. The largest absolute Gasteiger partial charge is 0.371 e. The lowest BCUT2D eigenvalue weighted by Gasteiger charge is -2.24. The Balaban J connectivity index is 2.06. The van der Waals surface area contributed by atoms with Crippen molar-refractivity contribution in [1.29, 1.82) is 0 Å². The van der Waals surface area contributed by atoms with Crippen LogP contribution in [0.3, 0.4) is 0 Å². The van der Waals surface area contributed by atoms with Gasteiger partial charge in [0.1, 0.15) is 5.82 Å². The molecule has 1 heterocycles. The SMILES string of the molecule is CCS(=O)(=O)c1ccc(N(C)C2CC2)c(-c2cn(C)c(=O)c3cc(F)ccc23)c1. The molecule has 5 nitrogen and oxygen atoms in total. The minimum Gasteiger partial charge on any atom is -0.371 e. The second-order valence-corrected chi connectivity index (χ2v) is 9.85. The van der Waals surface area contributed by atoms with E-state index in [9.17, 15) is 17.6 Å². The first-order chi connectivity index (χ1) is 13.7. The number of pyridine rings is 1. The van der Waals surface area contributed by atoms with Crippen LogP contribution >= 0.6 is 0 Å². The number of nitrogens with zero attached hydrogens (tertiary/aromatic N) is 2. The van der Waals surface area contributed by atoms with Crippen molar-refractivity contribution in [2.75, 3.05) is 17.7 Å². The molecule has 152 valence electrons. The molecule has 1 aliphatic carbocycles. The van der Waals surface area contributed by atoms with E-state index in [2.05, 4.69) is 4.90 Å². The predicted molar refractivity (Wildman–Crippen MR) is 114 cm³/mol. The second-order valence-electron chi connectivity index (χ2n) is 7.57. The molecule has 2 aromatic carbocycles. The molecule has 1 fully saturated rings. The first kappa shape index (κ1) is 19.6. The number of hydrogen-bond acceptors (Lipinski definition) is 4. The first-order valence-corrected chi connectivity index (χ1v) is 11.3. The summed E-state index contributed by atoms with van der Waals surface area (Å²) in [7, 11) is 0.211. The van der Waals surface area contributed by atoms with Crippen molar-refractivity contribution in [3.05, 3.63) is 58.8 Å². The summed E-state index contributed by atoms with van der Waals surface area (Å²) in [6.07, 6.45) is 3.87. The molecular weight excluding hydrogens is 391 g/mol. The number of rotatable bonds is 5. The maximum atomic E-state index is 13.8. The average Bonchev–Trinajstić information content (AvgIpc) is 3.55. The van der Waals surface area contributed by atoms with Crippen LogP contribution in [0.2, 0.25) is 0 Å². The van der Waals surface area contributed by atoms with Gasteiger partial charge >= 0.3 is 0 Å². The van der Waals surface area contributed by atoms with Gasteiger partial charge in [0.15, 0.2) is 9.84 Å². The van der Waals surface area contributed by atoms with E-state index in [1.165, 1.54) is 16.7 Å². The summed E-state index contributed by atoms with van der Waals surface area (Å²) in [4.78, 5) is 15.0. The summed E-state index contributed by atoms with van der Waals surface area (Å²) in [6.45, 7) is 1.61. The maximum Gasteiger partial charge on any atom is 0.258 e. The molecular formula is C22H23FN2O3S. The summed E-state index contributed by atoms with van der Waals surface area (Å²) in [6, 6.07) is 9.70. The van der Waals surface area contributed by atoms with E-state index < -0.39 is 15.7 Å². The first-order valence-electron chi connectivity index (χ1n) is 9.62. The monoisotopic (exact) mass is 414 g/mol. The molecule has 7 heteroatoms. The number of fused-ring (bicyclic) bond motifs is 1. The Morgan fingerprint density at radius 2 is 1.83 bits per heavy atom. The predicted octanol–water partition coefficient (Wildman–Crippen LogP) is 3.74. The van der Waals surface area contributed by atoms with Gasteiger partial charge in [-0.1, -0.05) is 13.0 Å². The van der Waals surface area contributed by atoms with Crippen LogP contribution in [0.1, 0.15) is 19.8 Å². The Kier molecular flexibility index (Phi) is 4.73. The van der Waals surface area contributed by atoms with Crippen LogP contribution in [0, 0.1) is 5.82 Å². The summed E-state index contributed by atoms with van der Waals surface area (Å²) in [5, 5.41) is 0.875. The van der Waals surface area contributed by atoms with E-state index in [-0.39, 0.29) is 21.6 Å². The standard InChI is InChI=1S/C22H23FN2O3S/c1-4-29(27,28)16-8-10-21(25(3)15-6-7-15)18(12-16)20-13-24(2)22(26)19-11-14(23)5-9-17(19)20/h5,8-13,15H,4,6-7H2,1-3H3. The van der Waals surface area contributed by atoms with Crippen molar-refractivity contribution in [2.24, 2.45) is 7.05 Å². The van der Waals surface area contributed by atoms with Crippen LogP contribution in [0.4, 0.5) is 10.1 Å². The Labute approximate surface area is 169 Å². The molecule has 29 heavy (non-hydrogen) atoms. The van der Waals surface area contributed by atoms with Gasteiger partial charge in [0.25, 0.3) is 5.56 Å². The summed E-state index contributed by atoms with van der Waals surface area (Å²) >= 11 is 0. The number of hydrogen-bond donors (Lipinski definition) is 0. The van der Waals surface area contributed by atoms with Gasteiger partial charge in [-0.2, -0.15) is 0 Å². The zero-order chi connectivity index (χ0) is 20.9. The molecule has 0 atom stereocenters. The van der Waals surface area contributed by atoms with Crippen molar-refractivity contribution in [3.63, 3.8) is 0 Å². The fourth-order valence-electron chi connectivity index (χ4n) is 3.71. The third-order valence-corrected chi connectivity index (χ3v) is 7.35. The van der Waals surface area contributed by atoms with Crippen molar-refractivity contribution < 1.29 is 12.8 Å². The molecule has 0 aliphatic heterocycles. The van der Waals surface area contributed by atoms with E-state index in [4.69, 9.17) is 0 Å². The third-order valence-electron chi connectivity index (χ3n) is 5.62. The van der Waals surface area contributed by atoms with Crippen LogP contribution in [0.5, 0.6) is 0 Å². The number of aromatic nitrogens is 1.